The molecule has 21 heavy (non-hydrogen) atoms. The van der Waals surface area contributed by atoms with Crippen LogP contribution in [0.1, 0.15) is 17.7 Å². The number of carbonyl (C=O) groups is 1. The summed E-state index contributed by atoms with van der Waals surface area (Å²) in [6.45, 7) is 0. The van der Waals surface area contributed by atoms with Gasteiger partial charge in [-0.3, -0.25) is 4.79 Å². The lowest BCUT2D eigenvalue weighted by Gasteiger charge is -2.20. The number of rotatable bonds is 2. The number of carboxylic acid groups (broad SMARTS) is 1. The first-order chi connectivity index (χ1) is 10.0. The first-order valence-corrected chi connectivity index (χ1v) is 7.37. The minimum Gasteiger partial charge on any atom is -0.481 e. The molecule has 1 unspecified atom stereocenters. The van der Waals surface area contributed by atoms with Gasteiger partial charge in [-0.15, -0.1) is 0 Å². The number of nitrogens with zero attached hydrogens (tertiary/aromatic N) is 2. The van der Waals surface area contributed by atoms with E-state index in [0.29, 0.717) is 30.7 Å². The van der Waals surface area contributed by atoms with Crippen LogP contribution in [0.3, 0.4) is 0 Å². The van der Waals surface area contributed by atoms with Gasteiger partial charge in [-0.2, -0.15) is 0 Å². The quantitative estimate of drug-likeness (QED) is 0.902. The number of aliphatic carboxylic acids is 1. The van der Waals surface area contributed by atoms with Crippen molar-refractivity contribution in [2.75, 3.05) is 0 Å². The molecule has 0 saturated heterocycles. The van der Waals surface area contributed by atoms with Crippen molar-refractivity contribution < 1.29 is 14.3 Å². The van der Waals surface area contributed by atoms with Crippen molar-refractivity contribution in [3.8, 4) is 11.4 Å². The molecule has 0 bridgehead atoms. The Morgan fingerprint density at radius 2 is 2.24 bits per heavy atom. The largest absolute Gasteiger partial charge is 0.481 e. The fourth-order valence-electron chi connectivity index (χ4n) is 2.52. The van der Waals surface area contributed by atoms with Crippen LogP contribution in [0.15, 0.2) is 28.9 Å². The Balaban J connectivity index is 1.97. The highest BCUT2D eigenvalue weighted by molar-refractivity contribution is 9.10. The smallest absolute Gasteiger partial charge is 0.306 e. The predicted octanol–water partition coefficient (Wildman–Crippen LogP) is 3.23. The summed E-state index contributed by atoms with van der Waals surface area (Å²) in [6, 6.07) is 4.37. The molecule has 1 aliphatic rings. The van der Waals surface area contributed by atoms with Crippen molar-refractivity contribution in [1.82, 2.24) is 9.97 Å². The van der Waals surface area contributed by atoms with Gasteiger partial charge in [0.15, 0.2) is 5.82 Å². The molecule has 1 N–H and O–H groups in total. The monoisotopic (exact) mass is 350 g/mol. The zero-order chi connectivity index (χ0) is 15.0. The van der Waals surface area contributed by atoms with E-state index in [9.17, 15) is 9.18 Å². The van der Waals surface area contributed by atoms with Crippen molar-refractivity contribution in [3.63, 3.8) is 0 Å². The van der Waals surface area contributed by atoms with Crippen LogP contribution in [0.2, 0.25) is 0 Å². The topological polar surface area (TPSA) is 63.1 Å². The van der Waals surface area contributed by atoms with E-state index >= 15 is 0 Å². The van der Waals surface area contributed by atoms with Crippen molar-refractivity contribution in [2.45, 2.75) is 19.3 Å². The summed E-state index contributed by atoms with van der Waals surface area (Å²) in [7, 11) is 0. The molecule has 6 heteroatoms. The molecule has 1 heterocycles. The maximum absolute atomic E-state index is 13.4. The van der Waals surface area contributed by atoms with Gasteiger partial charge in [-0.1, -0.05) is 15.9 Å². The van der Waals surface area contributed by atoms with Crippen LogP contribution in [0.25, 0.3) is 11.4 Å². The molecule has 108 valence electrons. The molecular weight excluding hydrogens is 339 g/mol. The molecule has 3 rings (SSSR count). The number of halogens is 2. The predicted molar refractivity (Wildman–Crippen MR) is 78.3 cm³/mol. The Morgan fingerprint density at radius 3 is 3.00 bits per heavy atom. The molecule has 0 spiro atoms. The van der Waals surface area contributed by atoms with Gasteiger partial charge >= 0.3 is 5.97 Å². The zero-order valence-corrected chi connectivity index (χ0v) is 12.6. The Hall–Kier alpha value is -1.82. The number of benzene rings is 1. The minimum atomic E-state index is -0.780. The lowest BCUT2D eigenvalue weighted by Crippen LogP contribution is -2.23. The summed E-state index contributed by atoms with van der Waals surface area (Å²) in [5.41, 5.74) is 2.32. The summed E-state index contributed by atoms with van der Waals surface area (Å²) in [5, 5.41) is 9.07. The second-order valence-electron chi connectivity index (χ2n) is 5.07. The Labute approximate surface area is 129 Å². The third-order valence-electron chi connectivity index (χ3n) is 3.67. The molecule has 1 aliphatic carbocycles. The molecule has 1 atom stereocenters. The van der Waals surface area contributed by atoms with E-state index < -0.39 is 5.97 Å². The minimum absolute atomic E-state index is 0.347. The van der Waals surface area contributed by atoms with Crippen LogP contribution in [-0.2, 0) is 17.6 Å². The zero-order valence-electron chi connectivity index (χ0n) is 11.0. The summed E-state index contributed by atoms with van der Waals surface area (Å²) in [6.07, 6.45) is 3.29. The van der Waals surface area contributed by atoms with E-state index in [-0.39, 0.29) is 11.7 Å². The molecule has 1 aromatic carbocycles. The average molecular weight is 351 g/mol. The third-order valence-corrected chi connectivity index (χ3v) is 4.36. The van der Waals surface area contributed by atoms with Gasteiger partial charge in [0.05, 0.1) is 5.92 Å². The Morgan fingerprint density at radius 1 is 1.43 bits per heavy atom. The molecular formula is C15H12BrFN2O2. The summed E-state index contributed by atoms with van der Waals surface area (Å²) >= 11 is 3.37. The van der Waals surface area contributed by atoms with Crippen molar-refractivity contribution >= 4 is 21.9 Å². The van der Waals surface area contributed by atoms with E-state index in [0.717, 1.165) is 15.7 Å². The molecule has 1 aromatic heterocycles. The van der Waals surface area contributed by atoms with Gasteiger partial charge in [-0.25, -0.2) is 14.4 Å². The fraction of sp³-hybridized carbons (Fsp3) is 0.267. The maximum atomic E-state index is 13.4. The second kappa shape index (κ2) is 5.52. The van der Waals surface area contributed by atoms with Gasteiger partial charge < -0.3 is 5.11 Å². The van der Waals surface area contributed by atoms with E-state index in [1.807, 2.05) is 0 Å². The number of fused-ring (bicyclic) bond motifs is 1. The number of aryl methyl sites for hydroxylation is 1. The molecule has 0 aliphatic heterocycles. The lowest BCUT2D eigenvalue weighted by atomic mass is 9.87. The molecule has 0 radical (unpaired) electrons. The number of carboxylic acids is 1. The van der Waals surface area contributed by atoms with Gasteiger partial charge in [0, 0.05) is 21.9 Å². The van der Waals surface area contributed by atoms with E-state index in [1.54, 1.807) is 12.3 Å². The van der Waals surface area contributed by atoms with Crippen LogP contribution < -0.4 is 0 Å². The van der Waals surface area contributed by atoms with Gasteiger partial charge in [0.25, 0.3) is 0 Å². The van der Waals surface area contributed by atoms with Crippen LogP contribution in [0.4, 0.5) is 4.39 Å². The van der Waals surface area contributed by atoms with Crippen LogP contribution in [0, 0.1) is 11.7 Å². The highest BCUT2D eigenvalue weighted by Crippen LogP contribution is 2.29. The fourth-order valence-corrected chi connectivity index (χ4v) is 2.94. The standard InChI is InChI=1S/C15H12BrFN2O2/c16-12-3-2-10(17)6-11(12)14-18-7-9-5-8(15(20)21)1-4-13(9)19-14/h2-3,6-8H,1,4-5H2,(H,20,21). The summed E-state index contributed by atoms with van der Waals surface area (Å²) in [5.74, 6) is -1.04. The average Bonchev–Trinajstić information content (AvgIpc) is 2.48. The molecule has 0 saturated carbocycles. The normalized spacial score (nSPS) is 17.3. The van der Waals surface area contributed by atoms with Gasteiger partial charge in [0.1, 0.15) is 5.82 Å². The van der Waals surface area contributed by atoms with Crippen molar-refractivity contribution in [1.29, 1.82) is 0 Å². The first kappa shape index (κ1) is 14.1. The molecule has 0 fully saturated rings. The SMILES string of the molecule is O=C(O)C1CCc2nc(-c3cc(F)ccc3Br)ncc2C1. The summed E-state index contributed by atoms with van der Waals surface area (Å²) in [4.78, 5) is 19.8. The third kappa shape index (κ3) is 2.81. The Kier molecular flexibility index (Phi) is 3.71. The number of hydrogen-bond donors (Lipinski definition) is 1. The first-order valence-electron chi connectivity index (χ1n) is 6.57. The molecule has 0 amide bonds. The van der Waals surface area contributed by atoms with Crippen molar-refractivity contribution in [3.05, 3.63) is 45.9 Å². The lowest BCUT2D eigenvalue weighted by molar-refractivity contribution is -0.142. The van der Waals surface area contributed by atoms with Crippen molar-refractivity contribution in [2.24, 2.45) is 5.92 Å². The number of hydrogen-bond acceptors (Lipinski definition) is 3. The van der Waals surface area contributed by atoms with Gasteiger partial charge in [-0.05, 0) is 43.0 Å². The Bertz CT molecular complexity index is 721. The van der Waals surface area contributed by atoms with Gasteiger partial charge in [0.2, 0.25) is 0 Å². The molecule has 2 aromatic rings. The van der Waals surface area contributed by atoms with Crippen LogP contribution >= 0.6 is 15.9 Å². The van der Waals surface area contributed by atoms with E-state index in [1.165, 1.54) is 12.1 Å². The maximum Gasteiger partial charge on any atom is 0.306 e. The molecule has 4 nitrogen and oxygen atoms in total. The van der Waals surface area contributed by atoms with E-state index in [4.69, 9.17) is 5.11 Å². The highest BCUT2D eigenvalue weighted by Gasteiger charge is 2.25. The number of aromatic nitrogens is 2. The van der Waals surface area contributed by atoms with Crippen LogP contribution in [-0.4, -0.2) is 21.0 Å². The van der Waals surface area contributed by atoms with E-state index in [2.05, 4.69) is 25.9 Å². The highest BCUT2D eigenvalue weighted by atomic mass is 79.9. The van der Waals surface area contributed by atoms with Crippen LogP contribution in [0.5, 0.6) is 0 Å². The summed E-state index contributed by atoms with van der Waals surface area (Å²) < 4.78 is 14.1. The second-order valence-corrected chi connectivity index (χ2v) is 5.92.